The van der Waals surface area contributed by atoms with Gasteiger partial charge in [0.1, 0.15) is 0 Å². The van der Waals surface area contributed by atoms with Crippen LogP contribution in [0.1, 0.15) is 21.5 Å². The van der Waals surface area contributed by atoms with E-state index in [1.807, 2.05) is 17.0 Å². The van der Waals surface area contributed by atoms with Gasteiger partial charge in [-0.2, -0.15) is 5.26 Å². The smallest absolute Gasteiger partial charge is 0.340 e. The van der Waals surface area contributed by atoms with E-state index in [0.717, 1.165) is 25.2 Å². The minimum absolute atomic E-state index is 0.124. The predicted octanol–water partition coefficient (Wildman–Crippen LogP) is 1.31. The number of nitrogens with zero attached hydrogens (tertiary/aromatic N) is 3. The molecule has 1 fully saturated rings. The second-order valence-electron chi connectivity index (χ2n) is 6.79. The van der Waals surface area contributed by atoms with E-state index < -0.39 is 16.0 Å². The van der Waals surface area contributed by atoms with Gasteiger partial charge in [-0.1, -0.05) is 12.1 Å². The van der Waals surface area contributed by atoms with Gasteiger partial charge in [0.05, 0.1) is 34.9 Å². The number of nitriles is 1. The number of carbonyl (C=O) groups excluding carboxylic acids is 1. The highest BCUT2D eigenvalue weighted by molar-refractivity contribution is 7.89. The van der Waals surface area contributed by atoms with Crippen LogP contribution in [0.2, 0.25) is 0 Å². The van der Waals surface area contributed by atoms with Gasteiger partial charge in [-0.25, -0.2) is 18.4 Å². The molecule has 8 nitrogen and oxygen atoms in total. The number of hydrogen-bond donors (Lipinski definition) is 1. The number of esters is 1. The molecule has 152 valence electrons. The second-order valence-corrected chi connectivity index (χ2v) is 8.35. The Morgan fingerprint density at radius 1 is 1.14 bits per heavy atom. The van der Waals surface area contributed by atoms with Crippen LogP contribution in [0.4, 0.5) is 5.69 Å². The summed E-state index contributed by atoms with van der Waals surface area (Å²) in [5, 5.41) is 14.1. The van der Waals surface area contributed by atoms with E-state index in [1.54, 1.807) is 18.2 Å². The lowest BCUT2D eigenvalue weighted by molar-refractivity contribution is 0.0601. The molecule has 0 amide bonds. The summed E-state index contributed by atoms with van der Waals surface area (Å²) in [5.41, 5.74) is 2.57. The topological polar surface area (TPSA) is 117 Å². The average molecular weight is 414 g/mol. The fourth-order valence-electron chi connectivity index (χ4n) is 3.33. The number of nitrogens with two attached hydrogens (primary N) is 1. The van der Waals surface area contributed by atoms with Crippen LogP contribution in [0.25, 0.3) is 0 Å². The molecule has 0 unspecified atom stereocenters. The van der Waals surface area contributed by atoms with Gasteiger partial charge in [0.25, 0.3) is 0 Å². The molecule has 0 radical (unpaired) electrons. The van der Waals surface area contributed by atoms with Crippen LogP contribution < -0.4 is 10.0 Å². The fraction of sp³-hybridized carbons (Fsp3) is 0.300. The van der Waals surface area contributed by atoms with E-state index in [2.05, 4.69) is 11.0 Å². The average Bonchev–Trinajstić information content (AvgIpc) is 2.73. The Kier molecular flexibility index (Phi) is 6.17. The highest BCUT2D eigenvalue weighted by atomic mass is 32.2. The van der Waals surface area contributed by atoms with Crippen molar-refractivity contribution in [2.24, 2.45) is 5.14 Å². The zero-order valence-electron chi connectivity index (χ0n) is 16.0. The monoisotopic (exact) mass is 414 g/mol. The summed E-state index contributed by atoms with van der Waals surface area (Å²) in [4.78, 5) is 16.4. The zero-order valence-corrected chi connectivity index (χ0v) is 16.9. The Labute approximate surface area is 170 Å². The molecule has 29 heavy (non-hydrogen) atoms. The number of benzene rings is 2. The largest absolute Gasteiger partial charge is 0.465 e. The third-order valence-electron chi connectivity index (χ3n) is 4.90. The number of anilines is 1. The Morgan fingerprint density at radius 3 is 2.34 bits per heavy atom. The number of rotatable bonds is 5. The summed E-state index contributed by atoms with van der Waals surface area (Å²) in [6.45, 7) is 3.67. The van der Waals surface area contributed by atoms with Crippen LogP contribution in [-0.4, -0.2) is 52.6 Å². The molecule has 2 aromatic carbocycles. The minimum atomic E-state index is -3.92. The van der Waals surface area contributed by atoms with Gasteiger partial charge in [0.15, 0.2) is 0 Å². The first-order valence-electron chi connectivity index (χ1n) is 9.03. The maximum Gasteiger partial charge on any atom is 0.340 e. The van der Waals surface area contributed by atoms with Crippen molar-refractivity contribution in [3.63, 3.8) is 0 Å². The van der Waals surface area contributed by atoms with Gasteiger partial charge >= 0.3 is 5.97 Å². The predicted molar refractivity (Wildman–Crippen MR) is 108 cm³/mol. The van der Waals surface area contributed by atoms with E-state index >= 15 is 0 Å². The summed E-state index contributed by atoms with van der Waals surface area (Å²) in [7, 11) is -2.66. The van der Waals surface area contributed by atoms with Crippen LogP contribution >= 0.6 is 0 Å². The van der Waals surface area contributed by atoms with Crippen molar-refractivity contribution in [2.75, 3.05) is 38.2 Å². The first kappa shape index (κ1) is 20.8. The SMILES string of the molecule is COC(=O)c1cc(S(N)(=O)=O)ccc1N1CCN(Cc2ccc(C#N)cc2)CC1. The van der Waals surface area contributed by atoms with Gasteiger partial charge in [0.2, 0.25) is 10.0 Å². The van der Waals surface area contributed by atoms with Crippen molar-refractivity contribution in [2.45, 2.75) is 11.4 Å². The quantitative estimate of drug-likeness (QED) is 0.733. The van der Waals surface area contributed by atoms with Crippen molar-refractivity contribution in [3.05, 3.63) is 59.2 Å². The van der Waals surface area contributed by atoms with Gasteiger partial charge < -0.3 is 9.64 Å². The van der Waals surface area contributed by atoms with E-state index in [4.69, 9.17) is 15.1 Å². The van der Waals surface area contributed by atoms with Crippen LogP contribution in [0, 0.1) is 11.3 Å². The molecule has 1 aliphatic heterocycles. The minimum Gasteiger partial charge on any atom is -0.465 e. The van der Waals surface area contributed by atoms with Crippen LogP contribution in [0.5, 0.6) is 0 Å². The lowest BCUT2D eigenvalue weighted by Crippen LogP contribution is -2.46. The number of ether oxygens (including phenoxy) is 1. The molecule has 3 rings (SSSR count). The number of hydrogen-bond acceptors (Lipinski definition) is 7. The molecule has 2 N–H and O–H groups in total. The van der Waals surface area contributed by atoms with Crippen molar-refractivity contribution >= 4 is 21.7 Å². The van der Waals surface area contributed by atoms with Crippen LogP contribution in [0.3, 0.4) is 0 Å². The summed E-state index contributed by atoms with van der Waals surface area (Å²) < 4.78 is 28.1. The molecule has 0 aliphatic carbocycles. The van der Waals surface area contributed by atoms with Crippen molar-refractivity contribution in [3.8, 4) is 6.07 Å². The molecule has 1 saturated heterocycles. The summed E-state index contributed by atoms with van der Waals surface area (Å²) in [6.07, 6.45) is 0. The molecule has 0 aromatic heterocycles. The highest BCUT2D eigenvalue weighted by Gasteiger charge is 2.24. The zero-order chi connectivity index (χ0) is 21.0. The van der Waals surface area contributed by atoms with Gasteiger partial charge in [-0.05, 0) is 35.9 Å². The third-order valence-corrected chi connectivity index (χ3v) is 5.82. The van der Waals surface area contributed by atoms with E-state index in [-0.39, 0.29) is 10.5 Å². The van der Waals surface area contributed by atoms with Crippen molar-refractivity contribution < 1.29 is 17.9 Å². The Bertz CT molecular complexity index is 1040. The number of sulfonamides is 1. The third kappa shape index (κ3) is 4.92. The molecular weight excluding hydrogens is 392 g/mol. The van der Waals surface area contributed by atoms with Crippen LogP contribution in [0.15, 0.2) is 47.4 Å². The first-order valence-corrected chi connectivity index (χ1v) is 10.6. The standard InChI is InChI=1S/C20H22N4O4S/c1-28-20(25)18-12-17(29(22,26)27)6-7-19(18)24-10-8-23(9-11-24)14-16-4-2-15(13-21)3-5-16/h2-7,12H,8-11,14H2,1H3,(H2,22,26,27). The molecule has 0 spiro atoms. The Balaban J connectivity index is 1.72. The lowest BCUT2D eigenvalue weighted by atomic mass is 10.1. The molecule has 0 atom stereocenters. The molecule has 9 heteroatoms. The maximum atomic E-state index is 12.2. The van der Waals surface area contributed by atoms with E-state index in [9.17, 15) is 13.2 Å². The number of primary sulfonamides is 1. The van der Waals surface area contributed by atoms with Gasteiger partial charge in [-0.3, -0.25) is 4.90 Å². The number of methoxy groups -OCH3 is 1. The summed E-state index contributed by atoms with van der Waals surface area (Å²) >= 11 is 0. The second kappa shape index (κ2) is 8.61. The van der Waals surface area contributed by atoms with Gasteiger partial charge in [0, 0.05) is 32.7 Å². The molecule has 2 aromatic rings. The van der Waals surface area contributed by atoms with Gasteiger partial charge in [-0.15, -0.1) is 0 Å². The molecule has 1 heterocycles. The van der Waals surface area contributed by atoms with Crippen LogP contribution in [-0.2, 0) is 21.3 Å². The molecule has 0 saturated carbocycles. The van der Waals surface area contributed by atoms with Crippen molar-refractivity contribution in [1.29, 1.82) is 5.26 Å². The molecular formula is C20H22N4O4S. The summed E-state index contributed by atoms with van der Waals surface area (Å²) in [5.74, 6) is -0.606. The maximum absolute atomic E-state index is 12.2. The normalized spacial score (nSPS) is 15.0. The molecule has 1 aliphatic rings. The van der Waals surface area contributed by atoms with E-state index in [0.29, 0.717) is 24.3 Å². The summed E-state index contributed by atoms with van der Waals surface area (Å²) in [6, 6.07) is 13.9. The van der Waals surface area contributed by atoms with E-state index in [1.165, 1.54) is 19.2 Å². The Morgan fingerprint density at radius 2 is 1.79 bits per heavy atom. The highest BCUT2D eigenvalue weighted by Crippen LogP contribution is 2.26. The number of piperazine rings is 1. The number of carbonyl (C=O) groups is 1. The van der Waals surface area contributed by atoms with Crippen molar-refractivity contribution in [1.82, 2.24) is 4.90 Å². The fourth-order valence-corrected chi connectivity index (χ4v) is 3.87. The Hall–Kier alpha value is -2.93. The molecule has 0 bridgehead atoms. The first-order chi connectivity index (χ1) is 13.8. The lowest BCUT2D eigenvalue weighted by Gasteiger charge is -2.36.